The highest BCUT2D eigenvalue weighted by molar-refractivity contribution is 6.43. The van der Waals surface area contributed by atoms with Crippen molar-refractivity contribution >= 4 is 40.5 Å². The van der Waals surface area contributed by atoms with Crippen molar-refractivity contribution in [1.82, 2.24) is 9.97 Å². The number of anilines is 3. The smallest absolute Gasteiger partial charge is 0.136 e. The molecule has 1 aromatic heterocycles. The van der Waals surface area contributed by atoms with Crippen LogP contribution in [0.5, 0.6) is 0 Å². The summed E-state index contributed by atoms with van der Waals surface area (Å²) in [6, 6.07) is 7.48. The third-order valence-electron chi connectivity index (χ3n) is 4.15. The van der Waals surface area contributed by atoms with Crippen LogP contribution >= 0.6 is 23.2 Å². The van der Waals surface area contributed by atoms with Crippen LogP contribution in [0.3, 0.4) is 0 Å². The lowest BCUT2D eigenvalue weighted by Crippen LogP contribution is -2.33. The van der Waals surface area contributed by atoms with Crippen LogP contribution in [-0.2, 0) is 0 Å². The topological polar surface area (TPSA) is 41.1 Å². The van der Waals surface area contributed by atoms with Gasteiger partial charge in [-0.2, -0.15) is 0 Å². The molecule has 23 heavy (non-hydrogen) atoms. The minimum absolute atomic E-state index is 0.499. The first kappa shape index (κ1) is 16.3. The Balaban J connectivity index is 1.84. The molecule has 1 aromatic carbocycles. The monoisotopic (exact) mass is 350 g/mol. The second kappa shape index (κ2) is 6.93. The number of aryl methyl sites for hydroxylation is 1. The first-order valence-corrected chi connectivity index (χ1v) is 8.60. The van der Waals surface area contributed by atoms with Crippen LogP contribution in [0.15, 0.2) is 24.3 Å². The summed E-state index contributed by atoms with van der Waals surface area (Å²) in [7, 11) is 0. The van der Waals surface area contributed by atoms with E-state index < -0.39 is 0 Å². The number of rotatable bonds is 3. The molecule has 0 spiro atoms. The average Bonchev–Trinajstić information content (AvgIpc) is 2.52. The van der Waals surface area contributed by atoms with Crippen molar-refractivity contribution in [3.05, 3.63) is 40.1 Å². The van der Waals surface area contributed by atoms with E-state index in [2.05, 4.69) is 27.1 Å². The molecule has 0 saturated carbocycles. The van der Waals surface area contributed by atoms with Crippen LogP contribution in [0.4, 0.5) is 17.3 Å². The highest BCUT2D eigenvalue weighted by Gasteiger charge is 2.18. The number of piperidine rings is 1. The Hall–Kier alpha value is -1.52. The number of benzene rings is 1. The van der Waals surface area contributed by atoms with E-state index in [1.54, 1.807) is 6.07 Å². The molecule has 1 N–H and O–H groups in total. The van der Waals surface area contributed by atoms with Gasteiger partial charge in [0.25, 0.3) is 0 Å². The van der Waals surface area contributed by atoms with Crippen molar-refractivity contribution in [2.75, 3.05) is 23.3 Å². The third-order valence-corrected chi connectivity index (χ3v) is 4.97. The Morgan fingerprint density at radius 2 is 1.91 bits per heavy atom. The number of hydrogen-bond acceptors (Lipinski definition) is 4. The standard InChI is InChI=1S/C17H20Cl2N4/c1-11-6-8-23(9-7-11)16-10-15(20-12(2)21-16)22-14-5-3-4-13(18)17(14)19/h3-5,10-11H,6-9H2,1-2H3,(H,20,21,22). The lowest BCUT2D eigenvalue weighted by Gasteiger charge is -2.31. The van der Waals surface area contributed by atoms with E-state index in [-0.39, 0.29) is 0 Å². The van der Waals surface area contributed by atoms with Gasteiger partial charge in [0, 0.05) is 19.2 Å². The van der Waals surface area contributed by atoms with E-state index >= 15 is 0 Å². The third kappa shape index (κ3) is 3.88. The summed E-state index contributed by atoms with van der Waals surface area (Å²) in [6.45, 7) is 6.28. The summed E-state index contributed by atoms with van der Waals surface area (Å²) in [5.41, 5.74) is 0.746. The number of aromatic nitrogens is 2. The van der Waals surface area contributed by atoms with Crippen LogP contribution in [0, 0.1) is 12.8 Å². The molecule has 1 aliphatic rings. The van der Waals surface area contributed by atoms with E-state index in [0.29, 0.717) is 10.0 Å². The Morgan fingerprint density at radius 1 is 1.17 bits per heavy atom. The summed E-state index contributed by atoms with van der Waals surface area (Å²) >= 11 is 12.3. The molecule has 4 nitrogen and oxygen atoms in total. The molecule has 0 amide bonds. The maximum absolute atomic E-state index is 6.24. The van der Waals surface area contributed by atoms with Gasteiger partial charge in [0.2, 0.25) is 0 Å². The normalized spacial score (nSPS) is 15.7. The molecule has 122 valence electrons. The summed E-state index contributed by atoms with van der Waals surface area (Å²) < 4.78 is 0. The summed E-state index contributed by atoms with van der Waals surface area (Å²) in [4.78, 5) is 11.4. The lowest BCUT2D eigenvalue weighted by molar-refractivity contribution is 0.436. The highest BCUT2D eigenvalue weighted by atomic mass is 35.5. The zero-order valence-electron chi connectivity index (χ0n) is 13.3. The van der Waals surface area contributed by atoms with Gasteiger partial charge in [-0.05, 0) is 37.8 Å². The van der Waals surface area contributed by atoms with E-state index in [1.165, 1.54) is 12.8 Å². The Kier molecular flexibility index (Phi) is 4.93. The predicted molar refractivity (Wildman–Crippen MR) is 97.1 cm³/mol. The molecule has 0 radical (unpaired) electrons. The van der Waals surface area contributed by atoms with Gasteiger partial charge in [0.1, 0.15) is 17.5 Å². The fourth-order valence-corrected chi connectivity index (χ4v) is 3.10. The molecule has 1 fully saturated rings. The van der Waals surface area contributed by atoms with Crippen molar-refractivity contribution < 1.29 is 0 Å². The van der Waals surface area contributed by atoms with Gasteiger partial charge < -0.3 is 10.2 Å². The van der Waals surface area contributed by atoms with Crippen molar-refractivity contribution in [3.63, 3.8) is 0 Å². The van der Waals surface area contributed by atoms with Gasteiger partial charge >= 0.3 is 0 Å². The van der Waals surface area contributed by atoms with E-state index in [9.17, 15) is 0 Å². The number of hydrogen-bond donors (Lipinski definition) is 1. The number of halogens is 2. The van der Waals surface area contributed by atoms with Crippen molar-refractivity contribution in [3.8, 4) is 0 Å². The van der Waals surface area contributed by atoms with Crippen LogP contribution in [-0.4, -0.2) is 23.1 Å². The minimum atomic E-state index is 0.499. The Bertz CT molecular complexity index is 697. The average molecular weight is 351 g/mol. The van der Waals surface area contributed by atoms with Gasteiger partial charge in [-0.25, -0.2) is 9.97 Å². The van der Waals surface area contributed by atoms with Crippen LogP contribution in [0.25, 0.3) is 0 Å². The van der Waals surface area contributed by atoms with Gasteiger partial charge in [-0.3, -0.25) is 0 Å². The summed E-state index contributed by atoms with van der Waals surface area (Å²) in [5, 5.41) is 4.27. The first-order valence-electron chi connectivity index (χ1n) is 7.84. The molecule has 1 saturated heterocycles. The number of nitrogens with one attached hydrogen (secondary N) is 1. The lowest BCUT2D eigenvalue weighted by atomic mass is 9.99. The fourth-order valence-electron chi connectivity index (χ4n) is 2.75. The van der Waals surface area contributed by atoms with Gasteiger partial charge in [0.15, 0.2) is 0 Å². The second-order valence-corrected chi connectivity index (χ2v) is 6.84. The van der Waals surface area contributed by atoms with E-state index in [4.69, 9.17) is 23.2 Å². The fraction of sp³-hybridized carbons (Fsp3) is 0.412. The maximum Gasteiger partial charge on any atom is 0.136 e. The van der Waals surface area contributed by atoms with Gasteiger partial charge in [0.05, 0.1) is 15.7 Å². The molecule has 1 aliphatic heterocycles. The Morgan fingerprint density at radius 3 is 2.65 bits per heavy atom. The molecule has 2 heterocycles. The minimum Gasteiger partial charge on any atom is -0.356 e. The molecular formula is C17H20Cl2N4. The SMILES string of the molecule is Cc1nc(Nc2cccc(Cl)c2Cl)cc(N2CCC(C)CC2)n1. The van der Waals surface area contributed by atoms with E-state index in [0.717, 1.165) is 42.2 Å². The second-order valence-electron chi connectivity index (χ2n) is 6.05. The van der Waals surface area contributed by atoms with Crippen LogP contribution in [0.2, 0.25) is 10.0 Å². The predicted octanol–water partition coefficient (Wildman–Crippen LogP) is 5.07. The molecule has 0 atom stereocenters. The van der Waals surface area contributed by atoms with Crippen molar-refractivity contribution in [1.29, 1.82) is 0 Å². The van der Waals surface area contributed by atoms with Crippen molar-refractivity contribution in [2.45, 2.75) is 26.7 Å². The quantitative estimate of drug-likeness (QED) is 0.838. The van der Waals surface area contributed by atoms with E-state index in [1.807, 2.05) is 25.1 Å². The zero-order valence-corrected chi connectivity index (χ0v) is 14.8. The van der Waals surface area contributed by atoms with Gasteiger partial charge in [-0.1, -0.05) is 36.2 Å². The molecule has 0 aliphatic carbocycles. The molecule has 6 heteroatoms. The Labute approximate surface area is 146 Å². The maximum atomic E-state index is 6.24. The molecule has 3 rings (SSSR count). The molecular weight excluding hydrogens is 331 g/mol. The van der Waals surface area contributed by atoms with Crippen LogP contribution in [0.1, 0.15) is 25.6 Å². The first-order chi connectivity index (χ1) is 11.0. The highest BCUT2D eigenvalue weighted by Crippen LogP contribution is 2.32. The molecule has 0 bridgehead atoms. The van der Waals surface area contributed by atoms with Crippen molar-refractivity contribution in [2.24, 2.45) is 5.92 Å². The molecule has 2 aromatic rings. The number of nitrogens with zero attached hydrogens (tertiary/aromatic N) is 3. The van der Waals surface area contributed by atoms with Gasteiger partial charge in [-0.15, -0.1) is 0 Å². The largest absolute Gasteiger partial charge is 0.356 e. The summed E-state index contributed by atoms with van der Waals surface area (Å²) in [5.74, 6) is 3.22. The van der Waals surface area contributed by atoms with Crippen LogP contribution < -0.4 is 10.2 Å². The zero-order chi connectivity index (χ0) is 16.4. The summed E-state index contributed by atoms with van der Waals surface area (Å²) in [6.07, 6.45) is 2.40. The molecule has 0 unspecified atom stereocenters.